The van der Waals surface area contributed by atoms with E-state index >= 15 is 0 Å². The van der Waals surface area contributed by atoms with Crippen molar-refractivity contribution in [1.29, 1.82) is 0 Å². The molecule has 0 heterocycles. The summed E-state index contributed by atoms with van der Waals surface area (Å²) in [5.41, 5.74) is 0.0297. The minimum absolute atomic E-state index is 0.386. The summed E-state index contributed by atoms with van der Waals surface area (Å²) in [6.45, 7) is 6.69. The van der Waals surface area contributed by atoms with Crippen molar-refractivity contribution < 1.29 is 19.1 Å². The smallest absolute Gasteiger partial charge is 0.412 e. The molecule has 0 radical (unpaired) electrons. The number of amides is 1. The molecule has 5 heteroatoms. The minimum Gasteiger partial charge on any atom is -0.444 e. The number of esters is 1. The number of hydrogen-bond donors (Lipinski definition) is 1. The highest BCUT2D eigenvalue weighted by Crippen LogP contribution is 2.17. The summed E-state index contributed by atoms with van der Waals surface area (Å²) in [6.07, 6.45) is -0.525. The Morgan fingerprint density at radius 1 is 1.11 bits per heavy atom. The number of rotatable bonds is 2. The van der Waals surface area contributed by atoms with E-state index in [1.54, 1.807) is 45.0 Å². The van der Waals surface area contributed by atoms with Crippen molar-refractivity contribution in [3.8, 4) is 5.75 Å². The Labute approximate surface area is 106 Å². The van der Waals surface area contributed by atoms with Crippen LogP contribution in [0.5, 0.6) is 5.75 Å². The quantitative estimate of drug-likeness (QED) is 0.648. The van der Waals surface area contributed by atoms with Crippen LogP contribution in [0.1, 0.15) is 27.7 Å². The Morgan fingerprint density at radius 2 is 1.67 bits per heavy atom. The maximum Gasteiger partial charge on any atom is 0.412 e. The third kappa shape index (κ3) is 5.34. The standard InChI is InChI=1S/C13H17NO4/c1-9(15)17-11-7-5-10(6-8-11)14-12(16)18-13(2,3)4/h5-8H,1-4H3,(H,14,16). The van der Waals surface area contributed by atoms with E-state index < -0.39 is 11.7 Å². The van der Waals surface area contributed by atoms with Gasteiger partial charge < -0.3 is 9.47 Å². The van der Waals surface area contributed by atoms with E-state index in [0.29, 0.717) is 11.4 Å². The van der Waals surface area contributed by atoms with Crippen molar-refractivity contribution in [3.05, 3.63) is 24.3 Å². The highest BCUT2D eigenvalue weighted by Gasteiger charge is 2.16. The second kappa shape index (κ2) is 5.53. The van der Waals surface area contributed by atoms with Crippen molar-refractivity contribution in [2.45, 2.75) is 33.3 Å². The molecule has 0 aliphatic heterocycles. The van der Waals surface area contributed by atoms with Gasteiger partial charge in [-0.2, -0.15) is 0 Å². The van der Waals surface area contributed by atoms with E-state index in [1.165, 1.54) is 6.92 Å². The maximum absolute atomic E-state index is 11.5. The van der Waals surface area contributed by atoms with Crippen LogP contribution in [-0.4, -0.2) is 17.7 Å². The fraction of sp³-hybridized carbons (Fsp3) is 0.385. The number of carbonyl (C=O) groups is 2. The Bertz CT molecular complexity index is 431. The fourth-order valence-electron chi connectivity index (χ4n) is 1.19. The summed E-state index contributed by atoms with van der Waals surface area (Å²) in [4.78, 5) is 22.2. The molecule has 0 spiro atoms. The van der Waals surface area contributed by atoms with Crippen LogP contribution in [0.4, 0.5) is 10.5 Å². The molecule has 1 amide bonds. The van der Waals surface area contributed by atoms with Gasteiger partial charge in [0.1, 0.15) is 11.4 Å². The Kier molecular flexibility index (Phi) is 4.31. The predicted molar refractivity (Wildman–Crippen MR) is 67.6 cm³/mol. The molecule has 1 aromatic carbocycles. The van der Waals surface area contributed by atoms with Crippen LogP contribution in [0.3, 0.4) is 0 Å². The van der Waals surface area contributed by atoms with Gasteiger partial charge in [-0.1, -0.05) is 0 Å². The van der Waals surface area contributed by atoms with Gasteiger partial charge in [0.25, 0.3) is 0 Å². The summed E-state index contributed by atoms with van der Waals surface area (Å²) in [5, 5.41) is 2.58. The largest absolute Gasteiger partial charge is 0.444 e. The molecular formula is C13H17NO4. The highest BCUT2D eigenvalue weighted by atomic mass is 16.6. The number of nitrogens with one attached hydrogen (secondary N) is 1. The lowest BCUT2D eigenvalue weighted by molar-refractivity contribution is -0.131. The average Bonchev–Trinajstić information content (AvgIpc) is 2.17. The SMILES string of the molecule is CC(=O)Oc1ccc(NC(=O)OC(C)(C)C)cc1. The van der Waals surface area contributed by atoms with Gasteiger partial charge in [0.2, 0.25) is 0 Å². The van der Waals surface area contributed by atoms with Crippen molar-refractivity contribution in [2.24, 2.45) is 0 Å². The number of benzene rings is 1. The van der Waals surface area contributed by atoms with Crippen LogP contribution in [-0.2, 0) is 9.53 Å². The summed E-state index contributed by atoms with van der Waals surface area (Å²) >= 11 is 0. The lowest BCUT2D eigenvalue weighted by Crippen LogP contribution is -2.27. The zero-order valence-electron chi connectivity index (χ0n) is 10.9. The fourth-order valence-corrected chi connectivity index (χ4v) is 1.19. The summed E-state index contributed by atoms with van der Waals surface area (Å²) in [7, 11) is 0. The number of ether oxygens (including phenoxy) is 2. The predicted octanol–water partition coefficient (Wildman–Crippen LogP) is 2.96. The summed E-state index contributed by atoms with van der Waals surface area (Å²) < 4.78 is 9.97. The van der Waals surface area contributed by atoms with Gasteiger partial charge in [0.05, 0.1) is 0 Å². The molecule has 5 nitrogen and oxygen atoms in total. The lowest BCUT2D eigenvalue weighted by atomic mass is 10.2. The molecule has 0 unspecified atom stereocenters. The van der Waals surface area contributed by atoms with Gasteiger partial charge >= 0.3 is 12.1 Å². The zero-order valence-corrected chi connectivity index (χ0v) is 10.9. The topological polar surface area (TPSA) is 64.6 Å². The maximum atomic E-state index is 11.5. The second-order valence-electron chi connectivity index (χ2n) is 4.74. The van der Waals surface area contributed by atoms with Crippen LogP contribution in [0.15, 0.2) is 24.3 Å². The molecule has 0 fully saturated rings. The zero-order chi connectivity index (χ0) is 13.8. The van der Waals surface area contributed by atoms with Crippen molar-refractivity contribution in [2.75, 3.05) is 5.32 Å². The molecule has 0 saturated heterocycles. The highest BCUT2D eigenvalue weighted by molar-refractivity contribution is 5.85. The second-order valence-corrected chi connectivity index (χ2v) is 4.74. The van der Waals surface area contributed by atoms with E-state index in [0.717, 1.165) is 0 Å². The minimum atomic E-state index is -0.540. The number of hydrogen-bond acceptors (Lipinski definition) is 4. The first kappa shape index (κ1) is 14.0. The van der Waals surface area contributed by atoms with Gasteiger partial charge in [-0.25, -0.2) is 4.79 Å². The first-order chi connectivity index (χ1) is 8.26. The summed E-state index contributed by atoms with van der Waals surface area (Å²) in [6, 6.07) is 6.44. The number of anilines is 1. The molecule has 0 aliphatic rings. The summed E-state index contributed by atoms with van der Waals surface area (Å²) in [5.74, 6) is 0.0418. The lowest BCUT2D eigenvalue weighted by Gasteiger charge is -2.19. The van der Waals surface area contributed by atoms with E-state index in [1.807, 2.05) is 0 Å². The van der Waals surface area contributed by atoms with Crippen LogP contribution in [0.25, 0.3) is 0 Å². The first-order valence-corrected chi connectivity index (χ1v) is 5.55. The van der Waals surface area contributed by atoms with Gasteiger partial charge in [-0.05, 0) is 45.0 Å². The van der Waals surface area contributed by atoms with Crippen molar-refractivity contribution >= 4 is 17.7 Å². The normalized spacial score (nSPS) is 10.7. The van der Waals surface area contributed by atoms with Crippen LogP contribution in [0, 0.1) is 0 Å². The molecular weight excluding hydrogens is 234 g/mol. The van der Waals surface area contributed by atoms with Crippen LogP contribution in [0.2, 0.25) is 0 Å². The monoisotopic (exact) mass is 251 g/mol. The third-order valence-corrected chi connectivity index (χ3v) is 1.76. The van der Waals surface area contributed by atoms with Gasteiger partial charge in [-0.15, -0.1) is 0 Å². The van der Waals surface area contributed by atoms with Gasteiger partial charge in [-0.3, -0.25) is 10.1 Å². The van der Waals surface area contributed by atoms with Crippen molar-refractivity contribution in [3.63, 3.8) is 0 Å². The molecule has 0 atom stereocenters. The molecule has 18 heavy (non-hydrogen) atoms. The van der Waals surface area contributed by atoms with E-state index in [2.05, 4.69) is 5.32 Å². The van der Waals surface area contributed by atoms with E-state index in [-0.39, 0.29) is 5.97 Å². The Hall–Kier alpha value is -2.04. The van der Waals surface area contributed by atoms with Crippen molar-refractivity contribution in [1.82, 2.24) is 0 Å². The van der Waals surface area contributed by atoms with Crippen LogP contribution >= 0.6 is 0 Å². The number of carbonyl (C=O) groups excluding carboxylic acids is 2. The molecule has 1 N–H and O–H groups in total. The molecule has 0 aromatic heterocycles. The van der Waals surface area contributed by atoms with E-state index in [9.17, 15) is 9.59 Å². The molecule has 0 bridgehead atoms. The average molecular weight is 251 g/mol. The van der Waals surface area contributed by atoms with Gasteiger partial charge in [0.15, 0.2) is 0 Å². The molecule has 98 valence electrons. The first-order valence-electron chi connectivity index (χ1n) is 5.55. The Morgan fingerprint density at radius 3 is 2.11 bits per heavy atom. The molecule has 0 saturated carbocycles. The van der Waals surface area contributed by atoms with E-state index in [4.69, 9.17) is 9.47 Å². The molecule has 0 aliphatic carbocycles. The van der Waals surface area contributed by atoms with Gasteiger partial charge in [0, 0.05) is 12.6 Å². The molecule has 1 aromatic rings. The van der Waals surface area contributed by atoms with Crippen LogP contribution < -0.4 is 10.1 Å². The molecule has 1 rings (SSSR count). The third-order valence-electron chi connectivity index (χ3n) is 1.76. The Balaban J connectivity index is 2.58.